The molecule has 5 nitrogen and oxygen atoms in total. The summed E-state index contributed by atoms with van der Waals surface area (Å²) in [7, 11) is 1.78. The first-order valence-corrected chi connectivity index (χ1v) is 7.55. The van der Waals surface area contributed by atoms with Crippen molar-refractivity contribution < 1.29 is 14.7 Å². The van der Waals surface area contributed by atoms with E-state index in [1.54, 1.807) is 23.7 Å². The minimum atomic E-state index is -0.835. The first kappa shape index (κ1) is 17.1. The fraction of sp³-hybridized carbons (Fsp3) is 0.833. The molecule has 0 saturated carbocycles. The largest absolute Gasteiger partial charge is 0.481 e. The van der Waals surface area contributed by atoms with Crippen LogP contribution in [0.3, 0.4) is 0 Å². The van der Waals surface area contributed by atoms with Crippen molar-refractivity contribution in [3.63, 3.8) is 0 Å². The maximum atomic E-state index is 11.9. The van der Waals surface area contributed by atoms with E-state index in [1.807, 2.05) is 13.2 Å². The lowest BCUT2D eigenvalue weighted by Gasteiger charge is -2.28. The monoisotopic (exact) mass is 276 g/mol. The molecule has 0 aromatic carbocycles. The summed E-state index contributed by atoms with van der Waals surface area (Å²) >= 11 is 1.71. The molecule has 0 aromatic heterocycles. The Hall–Kier alpha value is -0.910. The number of hydrogen-bond acceptors (Lipinski definition) is 3. The van der Waals surface area contributed by atoms with E-state index in [0.717, 1.165) is 12.2 Å². The van der Waals surface area contributed by atoms with E-state index in [-0.39, 0.29) is 24.5 Å². The molecular weight excluding hydrogens is 252 g/mol. The lowest BCUT2D eigenvalue weighted by Crippen LogP contribution is -2.47. The zero-order valence-electron chi connectivity index (χ0n) is 11.6. The molecule has 0 saturated heterocycles. The Morgan fingerprint density at radius 3 is 2.50 bits per heavy atom. The Balaban J connectivity index is 4.16. The van der Waals surface area contributed by atoms with Gasteiger partial charge < -0.3 is 15.3 Å². The standard InChI is InChI=1S/C12H24N2O3S/c1-5-10(8-18-4)14(3)12(17)13-9(2)6-7-11(15)16/h9-10H,5-8H2,1-4H3,(H,13,17)(H,15,16). The molecule has 2 unspecified atom stereocenters. The highest BCUT2D eigenvalue weighted by Crippen LogP contribution is 2.09. The van der Waals surface area contributed by atoms with E-state index in [2.05, 4.69) is 12.2 Å². The topological polar surface area (TPSA) is 69.6 Å². The van der Waals surface area contributed by atoms with Crippen LogP contribution >= 0.6 is 11.8 Å². The summed E-state index contributed by atoms with van der Waals surface area (Å²) in [6.07, 6.45) is 3.46. The van der Waals surface area contributed by atoms with Crippen LogP contribution in [0.2, 0.25) is 0 Å². The zero-order valence-corrected chi connectivity index (χ0v) is 12.4. The lowest BCUT2D eigenvalue weighted by atomic mass is 10.2. The highest BCUT2D eigenvalue weighted by atomic mass is 32.2. The molecule has 0 heterocycles. The summed E-state index contributed by atoms with van der Waals surface area (Å²) in [5.41, 5.74) is 0. The van der Waals surface area contributed by atoms with Crippen molar-refractivity contribution in [2.45, 2.75) is 45.2 Å². The van der Waals surface area contributed by atoms with Gasteiger partial charge in [-0.15, -0.1) is 0 Å². The average molecular weight is 276 g/mol. The number of rotatable bonds is 8. The summed E-state index contributed by atoms with van der Waals surface area (Å²) < 4.78 is 0. The van der Waals surface area contributed by atoms with Crippen LogP contribution in [0, 0.1) is 0 Å². The van der Waals surface area contributed by atoms with E-state index in [1.165, 1.54) is 0 Å². The van der Waals surface area contributed by atoms with Crippen molar-refractivity contribution in [3.05, 3.63) is 0 Å². The SMILES string of the molecule is CCC(CSC)N(C)C(=O)NC(C)CCC(=O)O. The van der Waals surface area contributed by atoms with Crippen LogP contribution in [0.25, 0.3) is 0 Å². The maximum absolute atomic E-state index is 11.9. The molecule has 0 radical (unpaired) electrons. The molecule has 0 bridgehead atoms. The predicted octanol–water partition coefficient (Wildman–Crippen LogP) is 2.02. The van der Waals surface area contributed by atoms with E-state index in [9.17, 15) is 9.59 Å². The first-order valence-electron chi connectivity index (χ1n) is 6.16. The highest BCUT2D eigenvalue weighted by Gasteiger charge is 2.19. The van der Waals surface area contributed by atoms with Crippen molar-refractivity contribution in [2.24, 2.45) is 0 Å². The van der Waals surface area contributed by atoms with Gasteiger partial charge >= 0.3 is 12.0 Å². The normalized spacial score (nSPS) is 13.8. The number of thioether (sulfide) groups is 1. The van der Waals surface area contributed by atoms with Gasteiger partial charge in [-0.3, -0.25) is 4.79 Å². The number of nitrogens with one attached hydrogen (secondary N) is 1. The van der Waals surface area contributed by atoms with Gasteiger partial charge in [-0.05, 0) is 26.0 Å². The molecule has 2 atom stereocenters. The fourth-order valence-electron chi connectivity index (χ4n) is 1.59. The Bertz CT molecular complexity index is 274. The Labute approximate surface area is 113 Å². The molecule has 106 valence electrons. The molecule has 0 aliphatic carbocycles. The number of carbonyl (C=O) groups is 2. The molecule has 0 spiro atoms. The van der Waals surface area contributed by atoms with E-state index >= 15 is 0 Å². The second-order valence-corrected chi connectivity index (χ2v) is 5.32. The Kier molecular flexibility index (Phi) is 8.62. The smallest absolute Gasteiger partial charge is 0.317 e. The molecule has 0 fully saturated rings. The summed E-state index contributed by atoms with van der Waals surface area (Å²) in [6, 6.07) is -0.0386. The van der Waals surface area contributed by atoms with Crippen LogP contribution in [0.4, 0.5) is 4.79 Å². The van der Waals surface area contributed by atoms with Crippen LogP contribution in [-0.2, 0) is 4.79 Å². The average Bonchev–Trinajstić information content (AvgIpc) is 2.32. The van der Waals surface area contributed by atoms with Crippen molar-refractivity contribution in [1.82, 2.24) is 10.2 Å². The molecule has 0 aliphatic heterocycles. The third-order valence-corrected chi connectivity index (χ3v) is 3.58. The molecule has 18 heavy (non-hydrogen) atoms. The third-order valence-electron chi connectivity index (χ3n) is 2.86. The first-order chi connectivity index (χ1) is 8.42. The van der Waals surface area contributed by atoms with Crippen LogP contribution in [-0.4, -0.2) is 53.1 Å². The van der Waals surface area contributed by atoms with E-state index in [0.29, 0.717) is 6.42 Å². The molecule has 6 heteroatoms. The molecule has 2 amide bonds. The fourth-order valence-corrected chi connectivity index (χ4v) is 2.43. The number of urea groups is 1. The number of hydrogen-bond donors (Lipinski definition) is 2. The van der Waals surface area contributed by atoms with Crippen LogP contribution in [0.1, 0.15) is 33.1 Å². The molecule has 0 aromatic rings. The van der Waals surface area contributed by atoms with Gasteiger partial charge in [0.2, 0.25) is 0 Å². The Morgan fingerprint density at radius 2 is 2.06 bits per heavy atom. The summed E-state index contributed by atoms with van der Waals surface area (Å²) in [6.45, 7) is 3.88. The number of nitrogens with zero attached hydrogens (tertiary/aromatic N) is 1. The second kappa shape index (κ2) is 9.08. The Morgan fingerprint density at radius 1 is 1.44 bits per heavy atom. The van der Waals surface area contributed by atoms with Gasteiger partial charge in [0.15, 0.2) is 0 Å². The molecule has 2 N–H and O–H groups in total. The molecule has 0 aliphatic rings. The summed E-state index contributed by atoms with van der Waals surface area (Å²) in [4.78, 5) is 24.1. The van der Waals surface area contributed by atoms with Gasteiger partial charge in [-0.1, -0.05) is 6.92 Å². The van der Waals surface area contributed by atoms with Crippen LogP contribution in [0.15, 0.2) is 0 Å². The van der Waals surface area contributed by atoms with Gasteiger partial charge in [0.05, 0.1) is 0 Å². The third kappa shape index (κ3) is 6.74. The van der Waals surface area contributed by atoms with Gasteiger partial charge in [-0.2, -0.15) is 11.8 Å². The van der Waals surface area contributed by atoms with Gasteiger partial charge in [0.25, 0.3) is 0 Å². The van der Waals surface area contributed by atoms with E-state index in [4.69, 9.17) is 5.11 Å². The number of aliphatic carboxylic acids is 1. The highest BCUT2D eigenvalue weighted by molar-refractivity contribution is 7.98. The van der Waals surface area contributed by atoms with Crippen molar-refractivity contribution in [2.75, 3.05) is 19.1 Å². The van der Waals surface area contributed by atoms with Crippen LogP contribution < -0.4 is 5.32 Å². The van der Waals surface area contributed by atoms with Gasteiger partial charge in [0.1, 0.15) is 0 Å². The zero-order chi connectivity index (χ0) is 14.1. The summed E-state index contributed by atoms with van der Waals surface area (Å²) in [5, 5.41) is 11.4. The van der Waals surface area contributed by atoms with Gasteiger partial charge in [0, 0.05) is 31.3 Å². The molecule has 0 rings (SSSR count). The second-order valence-electron chi connectivity index (χ2n) is 4.41. The predicted molar refractivity (Wildman–Crippen MR) is 75.1 cm³/mol. The summed E-state index contributed by atoms with van der Waals surface area (Å²) in [5.74, 6) is 0.0717. The van der Waals surface area contributed by atoms with Crippen molar-refractivity contribution >= 4 is 23.8 Å². The quantitative estimate of drug-likeness (QED) is 0.711. The minimum absolute atomic E-state index is 0.0766. The number of carboxylic acids is 1. The number of amides is 2. The number of carbonyl (C=O) groups excluding carboxylic acids is 1. The van der Waals surface area contributed by atoms with Crippen molar-refractivity contribution in [1.29, 1.82) is 0 Å². The lowest BCUT2D eigenvalue weighted by molar-refractivity contribution is -0.137. The van der Waals surface area contributed by atoms with Gasteiger partial charge in [-0.25, -0.2) is 4.79 Å². The minimum Gasteiger partial charge on any atom is -0.481 e. The van der Waals surface area contributed by atoms with Crippen molar-refractivity contribution in [3.8, 4) is 0 Å². The maximum Gasteiger partial charge on any atom is 0.317 e. The van der Waals surface area contributed by atoms with Crippen LogP contribution in [0.5, 0.6) is 0 Å². The molecular formula is C12H24N2O3S. The number of carboxylic acid groups (broad SMARTS) is 1. The van der Waals surface area contributed by atoms with E-state index < -0.39 is 5.97 Å².